The van der Waals surface area contributed by atoms with Gasteiger partial charge in [0.15, 0.2) is 0 Å². The summed E-state index contributed by atoms with van der Waals surface area (Å²) in [5.41, 5.74) is 0.852. The van der Waals surface area contributed by atoms with Crippen molar-refractivity contribution in [1.82, 2.24) is 9.80 Å². The fourth-order valence-electron chi connectivity index (χ4n) is 2.15. The van der Waals surface area contributed by atoms with Crippen LogP contribution in [0.2, 0.25) is 0 Å². The lowest BCUT2D eigenvalue weighted by molar-refractivity contribution is 0.148. The maximum Gasteiger partial charge on any atom is 0.491 e. The molecular formula is C12H18BFN2O2. The predicted octanol–water partition coefficient (Wildman–Crippen LogP) is -0.747. The molecule has 2 N–H and O–H groups in total. The first-order valence-corrected chi connectivity index (χ1v) is 6.11. The first-order chi connectivity index (χ1) is 8.56. The van der Waals surface area contributed by atoms with E-state index in [2.05, 4.69) is 16.8 Å². The number of halogens is 1. The van der Waals surface area contributed by atoms with Gasteiger partial charge in [0.25, 0.3) is 0 Å². The highest BCUT2D eigenvalue weighted by Gasteiger charge is 2.18. The van der Waals surface area contributed by atoms with Gasteiger partial charge in [-0.3, -0.25) is 4.90 Å². The molecule has 1 fully saturated rings. The Kier molecular flexibility index (Phi) is 4.34. The SMILES string of the molecule is CN1CCN(Cc2ccc(F)c(B(O)O)c2)CC1. The van der Waals surface area contributed by atoms with E-state index in [-0.39, 0.29) is 5.46 Å². The van der Waals surface area contributed by atoms with E-state index in [1.165, 1.54) is 12.1 Å². The topological polar surface area (TPSA) is 46.9 Å². The minimum Gasteiger partial charge on any atom is -0.423 e. The summed E-state index contributed by atoms with van der Waals surface area (Å²) < 4.78 is 13.3. The molecule has 6 heteroatoms. The highest BCUT2D eigenvalue weighted by atomic mass is 19.1. The highest BCUT2D eigenvalue weighted by molar-refractivity contribution is 6.58. The number of rotatable bonds is 3. The second-order valence-electron chi connectivity index (χ2n) is 4.81. The van der Waals surface area contributed by atoms with Crippen LogP contribution in [-0.4, -0.2) is 60.2 Å². The summed E-state index contributed by atoms with van der Waals surface area (Å²) in [6.07, 6.45) is 0. The van der Waals surface area contributed by atoms with E-state index in [1.54, 1.807) is 6.07 Å². The second kappa shape index (κ2) is 5.80. The normalized spacial score (nSPS) is 18.0. The van der Waals surface area contributed by atoms with Crippen molar-refractivity contribution in [3.05, 3.63) is 29.6 Å². The van der Waals surface area contributed by atoms with Gasteiger partial charge in [-0.2, -0.15) is 0 Å². The van der Waals surface area contributed by atoms with E-state index in [9.17, 15) is 4.39 Å². The van der Waals surface area contributed by atoms with Crippen LogP contribution in [0.4, 0.5) is 4.39 Å². The Morgan fingerprint density at radius 1 is 1.22 bits per heavy atom. The highest BCUT2D eigenvalue weighted by Crippen LogP contribution is 2.08. The first-order valence-electron chi connectivity index (χ1n) is 6.11. The van der Waals surface area contributed by atoms with Gasteiger partial charge in [0.2, 0.25) is 0 Å². The fraction of sp³-hybridized carbons (Fsp3) is 0.500. The molecule has 1 aromatic carbocycles. The molecule has 1 heterocycles. The zero-order chi connectivity index (χ0) is 13.1. The molecule has 0 bridgehead atoms. The Morgan fingerprint density at radius 3 is 2.50 bits per heavy atom. The number of piperazine rings is 1. The lowest BCUT2D eigenvalue weighted by atomic mass is 9.79. The van der Waals surface area contributed by atoms with Gasteiger partial charge in [-0.05, 0) is 18.7 Å². The van der Waals surface area contributed by atoms with Crippen molar-refractivity contribution in [2.24, 2.45) is 0 Å². The van der Waals surface area contributed by atoms with Gasteiger partial charge < -0.3 is 14.9 Å². The third kappa shape index (κ3) is 3.29. The lowest BCUT2D eigenvalue weighted by Crippen LogP contribution is -2.44. The zero-order valence-corrected chi connectivity index (χ0v) is 10.5. The summed E-state index contributed by atoms with van der Waals surface area (Å²) in [6, 6.07) is 4.51. The second-order valence-corrected chi connectivity index (χ2v) is 4.81. The monoisotopic (exact) mass is 252 g/mol. The quantitative estimate of drug-likeness (QED) is 0.695. The maximum absolute atomic E-state index is 13.3. The van der Waals surface area contributed by atoms with Crippen molar-refractivity contribution in [1.29, 1.82) is 0 Å². The molecule has 0 spiro atoms. The van der Waals surface area contributed by atoms with Crippen molar-refractivity contribution in [2.75, 3.05) is 33.2 Å². The molecule has 1 aromatic rings. The van der Waals surface area contributed by atoms with E-state index in [0.717, 1.165) is 31.7 Å². The molecule has 0 atom stereocenters. The van der Waals surface area contributed by atoms with E-state index >= 15 is 0 Å². The summed E-state index contributed by atoms with van der Waals surface area (Å²) >= 11 is 0. The van der Waals surface area contributed by atoms with E-state index in [0.29, 0.717) is 6.54 Å². The van der Waals surface area contributed by atoms with Crippen LogP contribution in [-0.2, 0) is 6.54 Å². The van der Waals surface area contributed by atoms with Crippen molar-refractivity contribution in [2.45, 2.75) is 6.54 Å². The Balaban J connectivity index is 2.03. The van der Waals surface area contributed by atoms with Gasteiger partial charge in [0, 0.05) is 38.2 Å². The van der Waals surface area contributed by atoms with Gasteiger partial charge in [-0.25, -0.2) is 4.39 Å². The van der Waals surface area contributed by atoms with Crippen molar-refractivity contribution < 1.29 is 14.4 Å². The lowest BCUT2D eigenvalue weighted by Gasteiger charge is -2.32. The Morgan fingerprint density at radius 2 is 1.89 bits per heavy atom. The van der Waals surface area contributed by atoms with Crippen molar-refractivity contribution in [3.8, 4) is 0 Å². The predicted molar refractivity (Wildman–Crippen MR) is 69.0 cm³/mol. The van der Waals surface area contributed by atoms with Gasteiger partial charge in [0.1, 0.15) is 5.82 Å². The largest absolute Gasteiger partial charge is 0.491 e. The average molecular weight is 252 g/mol. The summed E-state index contributed by atoms with van der Waals surface area (Å²) in [6.45, 7) is 4.72. The van der Waals surface area contributed by atoms with Crippen LogP contribution in [0.5, 0.6) is 0 Å². The van der Waals surface area contributed by atoms with Gasteiger partial charge in [0.05, 0.1) is 0 Å². The first kappa shape index (κ1) is 13.5. The van der Waals surface area contributed by atoms with Crippen LogP contribution in [0.25, 0.3) is 0 Å². The van der Waals surface area contributed by atoms with Gasteiger partial charge in [-0.15, -0.1) is 0 Å². The minimum atomic E-state index is -1.75. The van der Waals surface area contributed by atoms with Crippen LogP contribution in [0.1, 0.15) is 5.56 Å². The van der Waals surface area contributed by atoms with Crippen LogP contribution in [0.15, 0.2) is 18.2 Å². The molecule has 0 saturated carbocycles. The number of benzene rings is 1. The fourth-order valence-corrected chi connectivity index (χ4v) is 2.15. The Bertz CT molecular complexity index is 409. The molecule has 1 saturated heterocycles. The number of hydrogen-bond acceptors (Lipinski definition) is 4. The molecule has 1 aliphatic heterocycles. The Labute approximate surface area is 107 Å². The molecule has 0 unspecified atom stereocenters. The molecule has 18 heavy (non-hydrogen) atoms. The zero-order valence-electron chi connectivity index (χ0n) is 10.5. The average Bonchev–Trinajstić information content (AvgIpc) is 2.34. The van der Waals surface area contributed by atoms with Crippen molar-refractivity contribution in [3.63, 3.8) is 0 Å². The third-order valence-electron chi connectivity index (χ3n) is 3.34. The van der Waals surface area contributed by atoms with Gasteiger partial charge in [-0.1, -0.05) is 12.1 Å². The van der Waals surface area contributed by atoms with Crippen molar-refractivity contribution >= 4 is 12.6 Å². The third-order valence-corrected chi connectivity index (χ3v) is 3.34. The van der Waals surface area contributed by atoms with E-state index < -0.39 is 12.9 Å². The number of nitrogens with zero attached hydrogens (tertiary/aromatic N) is 2. The number of likely N-dealkylation sites (N-methyl/N-ethyl adjacent to an activating group) is 1. The van der Waals surface area contributed by atoms with Gasteiger partial charge >= 0.3 is 7.12 Å². The molecule has 2 rings (SSSR count). The molecular weight excluding hydrogens is 234 g/mol. The molecule has 0 aliphatic carbocycles. The van der Waals surface area contributed by atoms with E-state index in [1.807, 2.05) is 0 Å². The molecule has 0 radical (unpaired) electrons. The molecule has 4 nitrogen and oxygen atoms in total. The van der Waals surface area contributed by atoms with E-state index in [4.69, 9.17) is 10.0 Å². The summed E-state index contributed by atoms with van der Waals surface area (Å²) in [4.78, 5) is 4.55. The summed E-state index contributed by atoms with van der Waals surface area (Å²) in [5, 5.41) is 18.1. The van der Waals surface area contributed by atoms with Crippen LogP contribution < -0.4 is 5.46 Å². The van der Waals surface area contributed by atoms with Crippen LogP contribution >= 0.6 is 0 Å². The number of hydrogen-bond donors (Lipinski definition) is 2. The summed E-state index contributed by atoms with van der Waals surface area (Å²) in [7, 11) is 0.340. The summed E-state index contributed by atoms with van der Waals surface area (Å²) in [5.74, 6) is -0.577. The standard InChI is InChI=1S/C12H18BFN2O2/c1-15-4-6-16(7-5-15)9-10-2-3-12(14)11(8-10)13(17)18/h2-3,8,17-18H,4-7,9H2,1H3. The Hall–Kier alpha value is -0.945. The molecule has 0 aromatic heterocycles. The van der Waals surface area contributed by atoms with Crippen LogP contribution in [0, 0.1) is 5.82 Å². The molecule has 98 valence electrons. The smallest absolute Gasteiger partial charge is 0.423 e. The maximum atomic E-state index is 13.3. The molecule has 0 amide bonds. The molecule has 1 aliphatic rings. The minimum absolute atomic E-state index is 0.0540. The van der Waals surface area contributed by atoms with Crippen LogP contribution in [0.3, 0.4) is 0 Å².